The summed E-state index contributed by atoms with van der Waals surface area (Å²) in [5.74, 6) is 0.227. The first-order valence-electron chi connectivity index (χ1n) is 7.45. The molecule has 0 saturated heterocycles. The minimum atomic E-state index is -0.597. The van der Waals surface area contributed by atoms with Gasteiger partial charge in [-0.25, -0.2) is 0 Å². The quantitative estimate of drug-likeness (QED) is 0.793. The zero-order chi connectivity index (χ0) is 15.1. The van der Waals surface area contributed by atoms with Crippen LogP contribution in [0, 0.1) is 34.0 Å². The average Bonchev–Trinajstić information content (AvgIpc) is 2.47. The van der Waals surface area contributed by atoms with Crippen molar-refractivity contribution in [1.29, 1.82) is 10.5 Å². The van der Waals surface area contributed by atoms with Gasteiger partial charge in [0.1, 0.15) is 5.41 Å². The first kappa shape index (κ1) is 12.9. The van der Waals surface area contributed by atoms with Crippen LogP contribution in [0.3, 0.4) is 0 Å². The van der Waals surface area contributed by atoms with Gasteiger partial charge in [0.25, 0.3) is 0 Å². The zero-order valence-electron chi connectivity index (χ0n) is 12.6. The van der Waals surface area contributed by atoms with Gasteiger partial charge in [-0.2, -0.15) is 10.5 Å². The molecule has 106 valence electrons. The summed E-state index contributed by atoms with van der Waals surface area (Å²) in [5, 5.41) is 20.2. The van der Waals surface area contributed by atoms with Crippen LogP contribution < -0.4 is 0 Å². The maximum absolute atomic E-state index is 10.1. The highest BCUT2D eigenvalue weighted by Crippen LogP contribution is 2.79. The van der Waals surface area contributed by atoms with Crippen LogP contribution in [0.1, 0.15) is 37.8 Å². The molecule has 0 N–H and O–H groups in total. The standard InChI is InChI=1S/C18H18N2O/c1-15(2)16(10-19)8-12-9-18(15,21-3)17(12,11-20)14-7-5-4-6-13(14)16/h4-7,12H,8-9H2,1-3H3. The molecule has 21 heavy (non-hydrogen) atoms. The Kier molecular flexibility index (Phi) is 2.03. The third kappa shape index (κ3) is 0.886. The number of nitriles is 2. The number of benzene rings is 1. The molecule has 5 aliphatic carbocycles. The molecule has 0 amide bonds. The Labute approximate surface area is 125 Å². The Morgan fingerprint density at radius 2 is 1.76 bits per heavy atom. The van der Waals surface area contributed by atoms with Crippen LogP contribution in [0.25, 0.3) is 0 Å². The average molecular weight is 278 g/mol. The van der Waals surface area contributed by atoms with Crippen molar-refractivity contribution in [3.63, 3.8) is 0 Å². The van der Waals surface area contributed by atoms with Crippen LogP contribution in [0.4, 0.5) is 0 Å². The number of nitrogens with zero attached hydrogens (tertiary/aromatic N) is 2. The first-order valence-corrected chi connectivity index (χ1v) is 7.45. The summed E-state index contributed by atoms with van der Waals surface area (Å²) in [5.41, 5.74) is -0.0218. The van der Waals surface area contributed by atoms with E-state index >= 15 is 0 Å². The fourth-order valence-corrected chi connectivity index (χ4v) is 5.87. The van der Waals surface area contributed by atoms with E-state index in [9.17, 15) is 10.5 Å². The van der Waals surface area contributed by atoms with Crippen molar-refractivity contribution in [1.82, 2.24) is 0 Å². The molecule has 4 unspecified atom stereocenters. The van der Waals surface area contributed by atoms with Crippen molar-refractivity contribution < 1.29 is 4.74 Å². The summed E-state index contributed by atoms with van der Waals surface area (Å²) >= 11 is 0. The maximum atomic E-state index is 10.1. The minimum absolute atomic E-state index is 0.227. The molecule has 3 nitrogen and oxygen atoms in total. The molecule has 0 aliphatic heterocycles. The number of methoxy groups -OCH3 is 1. The van der Waals surface area contributed by atoms with Crippen molar-refractivity contribution in [2.45, 2.75) is 43.1 Å². The Morgan fingerprint density at radius 3 is 2.33 bits per heavy atom. The summed E-state index contributed by atoms with van der Waals surface area (Å²) in [6.07, 6.45) is 1.65. The van der Waals surface area contributed by atoms with Crippen molar-refractivity contribution >= 4 is 0 Å². The van der Waals surface area contributed by atoms with Crippen LogP contribution in [0.2, 0.25) is 0 Å². The molecular formula is C18H18N2O. The number of rotatable bonds is 1. The lowest BCUT2D eigenvalue weighted by Crippen LogP contribution is -2.84. The molecule has 0 spiro atoms. The third-order valence-electron chi connectivity index (χ3n) is 6.94. The lowest BCUT2D eigenvalue weighted by Gasteiger charge is -2.77. The molecule has 4 atom stereocenters. The molecule has 1 aromatic rings. The van der Waals surface area contributed by atoms with E-state index in [0.717, 1.165) is 24.0 Å². The molecule has 6 rings (SSSR count). The number of ether oxygens (including phenoxy) is 1. The number of hydrogen-bond acceptors (Lipinski definition) is 3. The summed E-state index contributed by atoms with van der Waals surface area (Å²) in [6, 6.07) is 13.2. The Hall–Kier alpha value is -1.84. The molecule has 0 aromatic heterocycles. The van der Waals surface area contributed by atoms with Crippen LogP contribution in [0.5, 0.6) is 0 Å². The summed E-state index contributed by atoms with van der Waals surface area (Å²) in [7, 11) is 1.70. The van der Waals surface area contributed by atoms with Crippen molar-refractivity contribution in [3.8, 4) is 12.1 Å². The van der Waals surface area contributed by atoms with Crippen molar-refractivity contribution in [3.05, 3.63) is 35.4 Å². The van der Waals surface area contributed by atoms with Crippen LogP contribution >= 0.6 is 0 Å². The van der Waals surface area contributed by atoms with Gasteiger partial charge >= 0.3 is 0 Å². The summed E-state index contributed by atoms with van der Waals surface area (Å²) < 4.78 is 6.00. The van der Waals surface area contributed by atoms with Crippen molar-refractivity contribution in [2.75, 3.05) is 7.11 Å². The largest absolute Gasteiger partial charge is 0.376 e. The van der Waals surface area contributed by atoms with E-state index in [2.05, 4.69) is 26.0 Å². The Bertz CT molecular complexity index is 740. The zero-order valence-corrected chi connectivity index (χ0v) is 12.6. The normalized spacial score (nSPS) is 44.1. The van der Waals surface area contributed by atoms with Crippen LogP contribution in [-0.4, -0.2) is 12.7 Å². The summed E-state index contributed by atoms with van der Waals surface area (Å²) in [6.45, 7) is 4.22. The lowest BCUT2D eigenvalue weighted by molar-refractivity contribution is -0.287. The Morgan fingerprint density at radius 1 is 1.10 bits per heavy atom. The van der Waals surface area contributed by atoms with E-state index in [1.54, 1.807) is 7.11 Å². The Balaban J connectivity index is 2.18. The fraction of sp³-hybridized carbons (Fsp3) is 0.556. The van der Waals surface area contributed by atoms with Gasteiger partial charge in [-0.1, -0.05) is 38.1 Å². The van der Waals surface area contributed by atoms with Gasteiger partial charge in [0.15, 0.2) is 0 Å². The van der Waals surface area contributed by atoms with E-state index in [1.807, 2.05) is 24.3 Å². The second-order valence-electron chi connectivity index (χ2n) is 7.24. The molecule has 1 aromatic carbocycles. The topological polar surface area (TPSA) is 56.8 Å². The first-order chi connectivity index (χ1) is 9.97. The highest BCUT2D eigenvalue weighted by Gasteiger charge is 2.85. The smallest absolute Gasteiger partial charge is 0.115 e. The monoisotopic (exact) mass is 278 g/mol. The van der Waals surface area contributed by atoms with Gasteiger partial charge in [-0.3, -0.25) is 0 Å². The minimum Gasteiger partial charge on any atom is -0.376 e. The van der Waals surface area contributed by atoms with Crippen LogP contribution in [0.15, 0.2) is 24.3 Å². The van der Waals surface area contributed by atoms with Crippen LogP contribution in [-0.2, 0) is 15.6 Å². The molecular weight excluding hydrogens is 260 g/mol. The van der Waals surface area contributed by atoms with E-state index in [-0.39, 0.29) is 11.3 Å². The SMILES string of the molecule is COC12CC3CC(C#N)(c4ccccc4C31C#N)C2(C)C. The molecule has 0 heterocycles. The fourth-order valence-electron chi connectivity index (χ4n) is 5.87. The molecule has 4 bridgehead atoms. The predicted molar refractivity (Wildman–Crippen MR) is 77.3 cm³/mol. The van der Waals surface area contributed by atoms with Gasteiger partial charge in [-0.15, -0.1) is 0 Å². The van der Waals surface area contributed by atoms with Crippen molar-refractivity contribution in [2.24, 2.45) is 11.3 Å². The van der Waals surface area contributed by atoms with E-state index in [4.69, 9.17) is 4.74 Å². The molecule has 5 aliphatic rings. The van der Waals surface area contributed by atoms with E-state index in [0.29, 0.717) is 0 Å². The molecule has 3 heteroatoms. The third-order valence-corrected chi connectivity index (χ3v) is 6.94. The van der Waals surface area contributed by atoms with E-state index in [1.165, 1.54) is 0 Å². The summed E-state index contributed by atoms with van der Waals surface area (Å²) in [4.78, 5) is 0. The highest BCUT2D eigenvalue weighted by molar-refractivity contribution is 5.63. The molecule has 3 fully saturated rings. The predicted octanol–water partition coefficient (Wildman–Crippen LogP) is 3.06. The molecule has 0 radical (unpaired) electrons. The van der Waals surface area contributed by atoms with Gasteiger partial charge in [0, 0.05) is 12.5 Å². The molecule has 3 saturated carbocycles. The highest BCUT2D eigenvalue weighted by atomic mass is 16.5. The number of hydrogen-bond donors (Lipinski definition) is 0. The second-order valence-corrected chi connectivity index (χ2v) is 7.24. The lowest BCUT2D eigenvalue weighted by atomic mass is 9.25. The maximum Gasteiger partial charge on any atom is 0.115 e. The van der Waals surface area contributed by atoms with Gasteiger partial charge in [-0.05, 0) is 29.9 Å². The van der Waals surface area contributed by atoms with Gasteiger partial charge in [0.2, 0.25) is 0 Å². The second kappa shape index (κ2) is 3.32. The van der Waals surface area contributed by atoms with E-state index < -0.39 is 16.4 Å². The van der Waals surface area contributed by atoms with Gasteiger partial charge in [0.05, 0.1) is 23.2 Å². The van der Waals surface area contributed by atoms with Gasteiger partial charge < -0.3 is 4.74 Å².